The first-order valence-electron chi connectivity index (χ1n) is 9.34. The number of nitrogens with zero attached hydrogens (tertiary/aromatic N) is 1. The first-order valence-corrected chi connectivity index (χ1v) is 9.34. The normalized spacial score (nSPS) is 14.2. The van der Waals surface area contributed by atoms with Gasteiger partial charge in [-0.05, 0) is 25.1 Å². The molecule has 0 unspecified atom stereocenters. The molecular weight excluding hydrogens is 356 g/mol. The minimum atomic E-state index is -0.493. The molecule has 0 saturated carbocycles. The van der Waals surface area contributed by atoms with Crippen LogP contribution >= 0.6 is 0 Å². The van der Waals surface area contributed by atoms with Crippen molar-refractivity contribution in [3.63, 3.8) is 0 Å². The third-order valence-electron chi connectivity index (χ3n) is 4.98. The van der Waals surface area contributed by atoms with Crippen molar-refractivity contribution in [1.29, 1.82) is 0 Å². The lowest BCUT2D eigenvalue weighted by atomic mass is 10.1. The summed E-state index contributed by atoms with van der Waals surface area (Å²) in [7, 11) is 0. The number of hydrogen-bond acceptors (Lipinski definition) is 5. The zero-order valence-electron chi connectivity index (χ0n) is 15.7. The monoisotopic (exact) mass is 378 g/mol. The topological polar surface area (TPSA) is 71.6 Å². The van der Waals surface area contributed by atoms with Crippen LogP contribution in [0.25, 0.3) is 10.9 Å². The average molecular weight is 378 g/mol. The van der Waals surface area contributed by atoms with Crippen LogP contribution in [0.4, 0.5) is 5.69 Å². The Bertz CT molecular complexity index is 1020. The van der Waals surface area contributed by atoms with Crippen LogP contribution in [0.5, 0.6) is 0 Å². The second-order valence-electron chi connectivity index (χ2n) is 6.79. The van der Waals surface area contributed by atoms with Crippen LogP contribution in [-0.4, -0.2) is 49.6 Å². The van der Waals surface area contributed by atoms with Crippen LogP contribution in [0.1, 0.15) is 26.4 Å². The van der Waals surface area contributed by atoms with Gasteiger partial charge < -0.3 is 19.4 Å². The SMILES string of the molecule is Cc1[nH]c2ccccc2c1C(=O)COC(=O)c1ccccc1N1CCOCC1. The number of morpholine rings is 1. The number of benzene rings is 2. The van der Waals surface area contributed by atoms with Crippen molar-refractivity contribution in [2.45, 2.75) is 6.92 Å². The van der Waals surface area contributed by atoms with Gasteiger partial charge in [-0.25, -0.2) is 4.79 Å². The minimum absolute atomic E-state index is 0.216. The lowest BCUT2D eigenvalue weighted by Crippen LogP contribution is -2.37. The Balaban J connectivity index is 1.50. The number of aryl methyl sites for hydroxylation is 1. The standard InChI is InChI=1S/C22H22N2O4/c1-15-21(16-6-2-4-8-18(16)23-15)20(25)14-28-22(26)17-7-3-5-9-19(17)24-10-12-27-13-11-24/h2-9,23H,10-14H2,1H3. The first-order chi connectivity index (χ1) is 13.6. The van der Waals surface area contributed by atoms with Gasteiger partial charge in [0.05, 0.1) is 24.5 Å². The summed E-state index contributed by atoms with van der Waals surface area (Å²) >= 11 is 0. The fraction of sp³-hybridized carbons (Fsp3) is 0.273. The number of anilines is 1. The highest BCUT2D eigenvalue weighted by Gasteiger charge is 2.22. The average Bonchev–Trinajstić information content (AvgIpc) is 3.08. The summed E-state index contributed by atoms with van der Waals surface area (Å²) in [6, 6.07) is 14.9. The number of carbonyl (C=O) groups is 2. The molecule has 1 aliphatic heterocycles. The molecule has 4 rings (SSSR count). The van der Waals surface area contributed by atoms with Crippen molar-refractivity contribution in [3.8, 4) is 0 Å². The van der Waals surface area contributed by atoms with Gasteiger partial charge in [-0.2, -0.15) is 0 Å². The van der Waals surface area contributed by atoms with E-state index in [0.29, 0.717) is 24.3 Å². The number of ether oxygens (including phenoxy) is 2. The fourth-order valence-electron chi connectivity index (χ4n) is 3.64. The summed E-state index contributed by atoms with van der Waals surface area (Å²) in [4.78, 5) is 30.7. The molecule has 2 heterocycles. The van der Waals surface area contributed by atoms with E-state index in [1.54, 1.807) is 12.1 Å². The maximum atomic E-state index is 12.7. The van der Waals surface area contributed by atoms with E-state index in [1.165, 1.54) is 0 Å². The summed E-state index contributed by atoms with van der Waals surface area (Å²) < 4.78 is 10.8. The Hall–Kier alpha value is -3.12. The van der Waals surface area contributed by atoms with E-state index in [9.17, 15) is 9.59 Å². The molecule has 6 heteroatoms. The van der Waals surface area contributed by atoms with Gasteiger partial charge in [0.15, 0.2) is 6.61 Å². The smallest absolute Gasteiger partial charge is 0.340 e. The molecule has 1 fully saturated rings. The zero-order chi connectivity index (χ0) is 19.5. The highest BCUT2D eigenvalue weighted by molar-refractivity contribution is 6.10. The third kappa shape index (κ3) is 3.51. The molecule has 1 aliphatic rings. The first kappa shape index (κ1) is 18.3. The van der Waals surface area contributed by atoms with Crippen LogP contribution in [-0.2, 0) is 9.47 Å². The van der Waals surface area contributed by atoms with E-state index in [-0.39, 0.29) is 12.4 Å². The lowest BCUT2D eigenvalue weighted by molar-refractivity contribution is 0.0475. The van der Waals surface area contributed by atoms with Gasteiger partial charge >= 0.3 is 5.97 Å². The Morgan fingerprint density at radius 1 is 1.07 bits per heavy atom. The van der Waals surface area contributed by atoms with E-state index in [1.807, 2.05) is 43.3 Å². The molecule has 1 aromatic heterocycles. The number of hydrogen-bond donors (Lipinski definition) is 1. The van der Waals surface area contributed by atoms with Crippen molar-refractivity contribution in [1.82, 2.24) is 4.98 Å². The molecule has 0 aliphatic carbocycles. The number of aromatic amines is 1. The summed E-state index contributed by atoms with van der Waals surface area (Å²) in [5, 5.41) is 0.842. The van der Waals surface area contributed by atoms with E-state index in [4.69, 9.17) is 9.47 Å². The molecule has 0 amide bonds. The van der Waals surface area contributed by atoms with Gasteiger partial charge in [-0.3, -0.25) is 4.79 Å². The van der Waals surface area contributed by atoms with Gasteiger partial charge in [-0.1, -0.05) is 30.3 Å². The Kier molecular flexibility index (Phi) is 5.12. The number of Topliss-reactive ketones (excluding diaryl/α,β-unsaturated/α-hetero) is 1. The number of ketones is 1. The number of esters is 1. The number of aromatic nitrogens is 1. The molecule has 3 aromatic rings. The predicted octanol–water partition coefficient (Wildman–Crippen LogP) is 3.35. The van der Waals surface area contributed by atoms with Gasteiger partial charge in [0.1, 0.15) is 0 Å². The summed E-state index contributed by atoms with van der Waals surface area (Å²) in [6.45, 7) is 4.25. The van der Waals surface area contributed by atoms with Crippen molar-refractivity contribution < 1.29 is 19.1 Å². The minimum Gasteiger partial charge on any atom is -0.454 e. The molecule has 2 aromatic carbocycles. The number of nitrogens with one attached hydrogen (secondary N) is 1. The molecule has 1 saturated heterocycles. The maximum absolute atomic E-state index is 12.7. The van der Waals surface area contributed by atoms with E-state index < -0.39 is 5.97 Å². The molecular formula is C22H22N2O4. The third-order valence-corrected chi connectivity index (χ3v) is 4.98. The van der Waals surface area contributed by atoms with Crippen LogP contribution < -0.4 is 4.90 Å². The molecule has 28 heavy (non-hydrogen) atoms. The predicted molar refractivity (Wildman–Crippen MR) is 107 cm³/mol. The second kappa shape index (κ2) is 7.86. The molecule has 144 valence electrons. The van der Waals surface area contributed by atoms with Crippen LogP contribution in [0, 0.1) is 6.92 Å². The highest BCUT2D eigenvalue weighted by atomic mass is 16.5. The van der Waals surface area contributed by atoms with Gasteiger partial charge in [0, 0.05) is 35.2 Å². The summed E-state index contributed by atoms with van der Waals surface area (Å²) in [6.07, 6.45) is 0. The maximum Gasteiger partial charge on any atom is 0.340 e. The number of fused-ring (bicyclic) bond motifs is 1. The largest absolute Gasteiger partial charge is 0.454 e. The second-order valence-corrected chi connectivity index (χ2v) is 6.79. The van der Waals surface area contributed by atoms with E-state index >= 15 is 0 Å². The van der Waals surface area contributed by atoms with Crippen molar-refractivity contribution in [2.75, 3.05) is 37.8 Å². The molecule has 0 bridgehead atoms. The Morgan fingerprint density at radius 3 is 2.61 bits per heavy atom. The Morgan fingerprint density at radius 2 is 1.79 bits per heavy atom. The van der Waals surface area contributed by atoms with Crippen molar-refractivity contribution >= 4 is 28.3 Å². The molecule has 1 N–H and O–H groups in total. The van der Waals surface area contributed by atoms with Crippen LogP contribution in [0.3, 0.4) is 0 Å². The molecule has 0 radical (unpaired) electrons. The summed E-state index contributed by atoms with van der Waals surface area (Å²) in [5.74, 6) is -0.708. The quantitative estimate of drug-likeness (QED) is 0.545. The summed E-state index contributed by atoms with van der Waals surface area (Å²) in [5.41, 5.74) is 3.52. The number of carbonyl (C=O) groups excluding carboxylic acids is 2. The van der Waals surface area contributed by atoms with Gasteiger partial charge in [0.25, 0.3) is 0 Å². The van der Waals surface area contributed by atoms with E-state index in [2.05, 4.69) is 9.88 Å². The fourth-order valence-corrected chi connectivity index (χ4v) is 3.64. The number of para-hydroxylation sites is 2. The number of H-pyrrole nitrogens is 1. The highest BCUT2D eigenvalue weighted by Crippen LogP contribution is 2.24. The van der Waals surface area contributed by atoms with Gasteiger partial charge in [-0.15, -0.1) is 0 Å². The van der Waals surface area contributed by atoms with Gasteiger partial charge in [0.2, 0.25) is 5.78 Å². The molecule has 6 nitrogen and oxygen atoms in total. The molecule has 0 spiro atoms. The van der Waals surface area contributed by atoms with Crippen molar-refractivity contribution in [2.24, 2.45) is 0 Å². The van der Waals surface area contributed by atoms with Crippen LogP contribution in [0.15, 0.2) is 48.5 Å². The molecule has 0 atom stereocenters. The van der Waals surface area contributed by atoms with Crippen molar-refractivity contribution in [3.05, 3.63) is 65.4 Å². The zero-order valence-corrected chi connectivity index (χ0v) is 15.7. The lowest BCUT2D eigenvalue weighted by Gasteiger charge is -2.30. The van der Waals surface area contributed by atoms with E-state index in [0.717, 1.165) is 35.4 Å². The van der Waals surface area contributed by atoms with Crippen LogP contribution in [0.2, 0.25) is 0 Å². The number of rotatable bonds is 5. The Labute approximate surface area is 163 Å².